The van der Waals surface area contributed by atoms with Gasteiger partial charge in [-0.1, -0.05) is 158 Å². The van der Waals surface area contributed by atoms with Gasteiger partial charge < -0.3 is 0 Å². The first-order chi connectivity index (χ1) is 30.1. The molecule has 11 rings (SSSR count). The monoisotopic (exact) mass is 780 g/mol. The molecule has 0 bridgehead atoms. The summed E-state index contributed by atoms with van der Waals surface area (Å²) >= 11 is 0. The van der Waals surface area contributed by atoms with Gasteiger partial charge in [0.15, 0.2) is 17.5 Å². The summed E-state index contributed by atoms with van der Waals surface area (Å²) in [6, 6.07) is 66.8. The summed E-state index contributed by atoms with van der Waals surface area (Å²) in [4.78, 5) is 30.1. The van der Waals surface area contributed by atoms with Crippen molar-refractivity contribution in [1.82, 2.24) is 29.9 Å². The van der Waals surface area contributed by atoms with Crippen LogP contribution in [0.25, 0.3) is 112 Å². The second-order valence-electron chi connectivity index (χ2n) is 15.2. The van der Waals surface area contributed by atoms with Crippen molar-refractivity contribution in [3.63, 3.8) is 0 Å². The zero-order valence-electron chi connectivity index (χ0n) is 33.2. The normalized spacial score (nSPS) is 11.4. The Balaban J connectivity index is 0.951. The van der Waals surface area contributed by atoms with E-state index in [0.29, 0.717) is 17.5 Å². The zero-order valence-corrected chi connectivity index (χ0v) is 33.2. The molecule has 4 aromatic heterocycles. The molecule has 4 heterocycles. The minimum Gasteiger partial charge on any atom is -0.256 e. The average Bonchev–Trinajstić information content (AvgIpc) is 3.34. The molecule has 0 fully saturated rings. The quantitative estimate of drug-likeness (QED) is 0.150. The molecule has 0 radical (unpaired) electrons. The standard InChI is InChI=1S/C55H36N6/c1-35-32-50(58-52-45(35)28-26-39-27-29-48(57-51(39)52)37-12-4-2-5-13-37)38-24-22-36(23-25-38)41-16-10-18-43(33-41)54-59-53(40-14-6-3-7-15-40)60-55(61-54)44-19-11-17-42(34-44)46-30-31-56-49-21-9-8-20-47(46)49/h2-34H,1H3. The second-order valence-corrected chi connectivity index (χ2v) is 15.2. The average molecular weight is 781 g/mol. The van der Waals surface area contributed by atoms with Crippen LogP contribution in [0.4, 0.5) is 0 Å². The van der Waals surface area contributed by atoms with Crippen molar-refractivity contribution in [2.75, 3.05) is 0 Å². The molecule has 286 valence electrons. The van der Waals surface area contributed by atoms with Gasteiger partial charge >= 0.3 is 0 Å². The lowest BCUT2D eigenvalue weighted by Gasteiger charge is -2.12. The number of hydrogen-bond donors (Lipinski definition) is 0. The summed E-state index contributed by atoms with van der Waals surface area (Å²) in [7, 11) is 0. The molecule has 0 N–H and O–H groups in total. The Hall–Kier alpha value is -8.22. The number of aromatic nitrogens is 6. The highest BCUT2D eigenvalue weighted by Crippen LogP contribution is 2.34. The third-order valence-corrected chi connectivity index (χ3v) is 11.3. The molecule has 11 aromatic rings. The van der Waals surface area contributed by atoms with Crippen LogP contribution in [-0.2, 0) is 0 Å². The van der Waals surface area contributed by atoms with Crippen LogP contribution >= 0.6 is 0 Å². The van der Waals surface area contributed by atoms with E-state index in [-0.39, 0.29) is 0 Å². The van der Waals surface area contributed by atoms with Gasteiger partial charge in [0.1, 0.15) is 0 Å². The van der Waals surface area contributed by atoms with E-state index in [1.807, 2.05) is 72.9 Å². The molecule has 6 nitrogen and oxygen atoms in total. The number of para-hydroxylation sites is 1. The Kier molecular flexibility index (Phi) is 8.94. The highest BCUT2D eigenvalue weighted by atomic mass is 15.0. The van der Waals surface area contributed by atoms with E-state index in [4.69, 9.17) is 24.9 Å². The smallest absolute Gasteiger partial charge is 0.164 e. The zero-order chi connectivity index (χ0) is 40.7. The van der Waals surface area contributed by atoms with Gasteiger partial charge in [-0.3, -0.25) is 4.98 Å². The molecule has 0 atom stereocenters. The van der Waals surface area contributed by atoms with Gasteiger partial charge in [-0.25, -0.2) is 24.9 Å². The van der Waals surface area contributed by atoms with Crippen LogP contribution in [0.3, 0.4) is 0 Å². The predicted octanol–water partition coefficient (Wildman–Crippen LogP) is 13.5. The van der Waals surface area contributed by atoms with Gasteiger partial charge in [0.05, 0.1) is 27.9 Å². The van der Waals surface area contributed by atoms with Gasteiger partial charge in [-0.05, 0) is 71.1 Å². The van der Waals surface area contributed by atoms with Crippen LogP contribution in [0.15, 0.2) is 200 Å². The maximum absolute atomic E-state index is 5.24. The van der Waals surface area contributed by atoms with Crippen molar-refractivity contribution in [3.8, 4) is 78.9 Å². The lowest BCUT2D eigenvalue weighted by Crippen LogP contribution is -2.00. The fourth-order valence-electron chi connectivity index (χ4n) is 8.15. The lowest BCUT2D eigenvalue weighted by molar-refractivity contribution is 1.07. The first-order valence-corrected chi connectivity index (χ1v) is 20.4. The molecule has 6 heteroatoms. The molecule has 0 unspecified atom stereocenters. The van der Waals surface area contributed by atoms with E-state index in [2.05, 4.69) is 139 Å². The van der Waals surface area contributed by atoms with E-state index >= 15 is 0 Å². The molecular formula is C55H36N6. The van der Waals surface area contributed by atoms with Crippen LogP contribution in [0.2, 0.25) is 0 Å². The van der Waals surface area contributed by atoms with E-state index < -0.39 is 0 Å². The fraction of sp³-hybridized carbons (Fsp3) is 0.0182. The summed E-state index contributed by atoms with van der Waals surface area (Å²) in [6.45, 7) is 2.15. The van der Waals surface area contributed by atoms with Crippen LogP contribution in [-0.4, -0.2) is 29.9 Å². The summed E-state index contributed by atoms with van der Waals surface area (Å²) in [6.07, 6.45) is 1.86. The van der Waals surface area contributed by atoms with Crippen molar-refractivity contribution in [2.24, 2.45) is 0 Å². The van der Waals surface area contributed by atoms with Gasteiger partial charge in [0.25, 0.3) is 0 Å². The Morgan fingerprint density at radius 2 is 0.885 bits per heavy atom. The largest absolute Gasteiger partial charge is 0.256 e. The molecule has 61 heavy (non-hydrogen) atoms. The van der Waals surface area contributed by atoms with Gasteiger partial charge in [0, 0.05) is 50.2 Å². The first-order valence-electron chi connectivity index (χ1n) is 20.4. The van der Waals surface area contributed by atoms with Crippen molar-refractivity contribution < 1.29 is 0 Å². The van der Waals surface area contributed by atoms with Crippen LogP contribution < -0.4 is 0 Å². The molecule has 0 saturated heterocycles. The lowest BCUT2D eigenvalue weighted by atomic mass is 9.99. The summed E-state index contributed by atoms with van der Waals surface area (Å²) in [5.41, 5.74) is 15.0. The fourth-order valence-corrected chi connectivity index (χ4v) is 8.15. The maximum atomic E-state index is 5.24. The molecular weight excluding hydrogens is 745 g/mol. The van der Waals surface area contributed by atoms with Crippen LogP contribution in [0.1, 0.15) is 5.56 Å². The van der Waals surface area contributed by atoms with Crippen LogP contribution in [0, 0.1) is 6.92 Å². The van der Waals surface area contributed by atoms with E-state index in [0.717, 1.165) is 99.7 Å². The summed E-state index contributed by atoms with van der Waals surface area (Å²) in [5, 5.41) is 3.27. The second kappa shape index (κ2) is 15.2. The molecule has 7 aromatic carbocycles. The first kappa shape index (κ1) is 35.9. The maximum Gasteiger partial charge on any atom is 0.164 e. The topological polar surface area (TPSA) is 77.3 Å². The minimum atomic E-state index is 0.606. The van der Waals surface area contributed by atoms with Crippen molar-refractivity contribution in [3.05, 3.63) is 206 Å². The molecule has 0 aliphatic carbocycles. The van der Waals surface area contributed by atoms with Crippen molar-refractivity contribution in [1.29, 1.82) is 0 Å². The van der Waals surface area contributed by atoms with E-state index in [9.17, 15) is 0 Å². The Morgan fingerprint density at radius 1 is 0.328 bits per heavy atom. The number of fused-ring (bicyclic) bond motifs is 4. The van der Waals surface area contributed by atoms with Crippen molar-refractivity contribution in [2.45, 2.75) is 6.92 Å². The van der Waals surface area contributed by atoms with Crippen LogP contribution in [0.5, 0.6) is 0 Å². The number of nitrogens with zero attached hydrogens (tertiary/aromatic N) is 6. The van der Waals surface area contributed by atoms with E-state index in [1.165, 1.54) is 0 Å². The number of aryl methyl sites for hydroxylation is 1. The van der Waals surface area contributed by atoms with Gasteiger partial charge in [-0.2, -0.15) is 0 Å². The third-order valence-electron chi connectivity index (χ3n) is 11.3. The molecule has 0 aliphatic heterocycles. The number of rotatable bonds is 7. The van der Waals surface area contributed by atoms with E-state index in [1.54, 1.807) is 0 Å². The Bertz CT molecular complexity index is 3420. The highest BCUT2D eigenvalue weighted by Gasteiger charge is 2.16. The molecule has 0 amide bonds. The number of hydrogen-bond acceptors (Lipinski definition) is 6. The minimum absolute atomic E-state index is 0.606. The third kappa shape index (κ3) is 6.86. The van der Waals surface area contributed by atoms with Gasteiger partial charge in [0.2, 0.25) is 0 Å². The SMILES string of the molecule is Cc1cc(-c2ccc(-c3cccc(-c4nc(-c5ccccc5)nc(-c5cccc(-c6ccnc7ccccc67)c5)n4)c3)cc2)nc2c1ccc1ccc(-c3ccccc3)nc12. The van der Waals surface area contributed by atoms with Crippen molar-refractivity contribution >= 4 is 32.7 Å². The Morgan fingerprint density at radius 3 is 1.64 bits per heavy atom. The number of benzene rings is 7. The summed E-state index contributed by atoms with van der Waals surface area (Å²) < 4.78 is 0. The Labute approximate surface area is 353 Å². The molecule has 0 aliphatic rings. The number of pyridine rings is 3. The molecule has 0 saturated carbocycles. The molecule has 0 spiro atoms. The predicted molar refractivity (Wildman–Crippen MR) is 249 cm³/mol. The highest BCUT2D eigenvalue weighted by molar-refractivity contribution is 6.05. The van der Waals surface area contributed by atoms with Gasteiger partial charge in [-0.15, -0.1) is 0 Å². The summed E-state index contributed by atoms with van der Waals surface area (Å²) in [5.74, 6) is 1.83.